The third-order valence-corrected chi connectivity index (χ3v) is 5.79. The van der Waals surface area contributed by atoms with Gasteiger partial charge in [-0.3, -0.25) is 14.5 Å². The molecule has 3 aliphatic heterocycles. The maximum absolute atomic E-state index is 12.8. The maximum Gasteiger partial charge on any atom is 0.319 e. The molecule has 0 aromatic heterocycles. The minimum absolute atomic E-state index is 0. The molecular formula is C22H23ClN2O5. The molecule has 2 aromatic carbocycles. The molecule has 3 aliphatic rings. The molecule has 0 aliphatic carbocycles. The summed E-state index contributed by atoms with van der Waals surface area (Å²) in [5.41, 5.74) is 3.04. The van der Waals surface area contributed by atoms with Crippen LogP contribution in [0.2, 0.25) is 0 Å². The van der Waals surface area contributed by atoms with Gasteiger partial charge in [0.2, 0.25) is 5.91 Å². The predicted molar refractivity (Wildman–Crippen MR) is 110 cm³/mol. The van der Waals surface area contributed by atoms with E-state index in [0.29, 0.717) is 25.4 Å². The van der Waals surface area contributed by atoms with E-state index < -0.39 is 5.92 Å². The van der Waals surface area contributed by atoms with Gasteiger partial charge in [0, 0.05) is 50.3 Å². The first-order valence-corrected chi connectivity index (χ1v) is 9.89. The fourth-order valence-electron chi connectivity index (χ4n) is 4.13. The van der Waals surface area contributed by atoms with E-state index in [-0.39, 0.29) is 30.7 Å². The summed E-state index contributed by atoms with van der Waals surface area (Å²) in [5, 5.41) is 0. The monoisotopic (exact) mass is 430 g/mol. The highest BCUT2D eigenvalue weighted by atomic mass is 35.5. The van der Waals surface area contributed by atoms with Crippen LogP contribution in [0.4, 0.5) is 0 Å². The van der Waals surface area contributed by atoms with Crippen LogP contribution >= 0.6 is 12.4 Å². The van der Waals surface area contributed by atoms with Crippen LogP contribution < -0.4 is 9.62 Å². The number of hydrogen-bond donors (Lipinski definition) is 0. The Labute approximate surface area is 180 Å². The topological polar surface area (TPSA) is 68.3 Å². The van der Waals surface area contributed by atoms with Crippen molar-refractivity contribution in [2.24, 2.45) is 0 Å². The average Bonchev–Trinajstić information content (AvgIpc) is 3.32. The summed E-state index contributed by atoms with van der Waals surface area (Å²) in [5.74, 6) is 0.543. The third-order valence-electron chi connectivity index (χ3n) is 5.79. The van der Waals surface area contributed by atoms with Gasteiger partial charge in [0.05, 0.1) is 5.92 Å². The lowest BCUT2D eigenvalue weighted by Crippen LogP contribution is -2.48. The van der Waals surface area contributed by atoms with E-state index in [0.717, 1.165) is 36.5 Å². The molecule has 3 heterocycles. The highest BCUT2D eigenvalue weighted by Crippen LogP contribution is 2.37. The van der Waals surface area contributed by atoms with Crippen molar-refractivity contribution in [1.82, 2.24) is 9.80 Å². The molecule has 7 nitrogen and oxygen atoms in total. The first kappa shape index (κ1) is 20.7. The van der Waals surface area contributed by atoms with Crippen molar-refractivity contribution in [3.8, 4) is 11.5 Å². The van der Waals surface area contributed by atoms with Crippen LogP contribution in [0, 0.1) is 0 Å². The molecule has 1 saturated heterocycles. The van der Waals surface area contributed by atoms with Gasteiger partial charge in [0.15, 0.2) is 5.75 Å². The van der Waals surface area contributed by atoms with E-state index in [4.69, 9.17) is 14.5 Å². The number of fused-ring (bicyclic) bond motifs is 2. The molecule has 0 bridgehead atoms. The molecule has 1 fully saturated rings. The molecule has 1 unspecified atom stereocenters. The Kier molecular flexibility index (Phi) is 5.94. The molecule has 2 aromatic rings. The summed E-state index contributed by atoms with van der Waals surface area (Å²) in [6.45, 7) is 4.22. The summed E-state index contributed by atoms with van der Waals surface area (Å²) in [6, 6.07) is 13.5. The van der Waals surface area contributed by atoms with Crippen LogP contribution in [0.15, 0.2) is 42.5 Å². The lowest BCUT2D eigenvalue weighted by molar-refractivity contribution is -0.194. The number of rotatable bonds is 4. The Hall–Kier alpha value is -2.61. The molecule has 5 rings (SSSR count). The first-order chi connectivity index (χ1) is 14.2. The molecule has 0 N–H and O–H groups in total. The summed E-state index contributed by atoms with van der Waals surface area (Å²) in [4.78, 5) is 39.3. The number of benzene rings is 2. The number of carbonyl (C=O) groups excluding carboxylic acids is 2. The van der Waals surface area contributed by atoms with Gasteiger partial charge in [0.25, 0.3) is 0 Å². The van der Waals surface area contributed by atoms with Crippen molar-refractivity contribution in [3.05, 3.63) is 59.2 Å². The molecule has 30 heavy (non-hydrogen) atoms. The zero-order chi connectivity index (χ0) is 19.8. The van der Waals surface area contributed by atoms with Crippen LogP contribution in [0.1, 0.15) is 29.0 Å². The molecule has 1 atom stereocenters. The van der Waals surface area contributed by atoms with Gasteiger partial charge in [-0.2, -0.15) is 4.89 Å². The van der Waals surface area contributed by atoms with Crippen LogP contribution in [-0.2, 0) is 27.6 Å². The smallest absolute Gasteiger partial charge is 0.319 e. The van der Waals surface area contributed by atoms with Crippen molar-refractivity contribution >= 4 is 24.3 Å². The molecule has 0 radical (unpaired) electrons. The minimum Gasteiger partial charge on any atom is -0.426 e. The standard InChI is InChI=1S/C22H22N2O5.ClH/c25-21(12-18-17-3-1-2-4-19(17)28-22(18)26)24-9-7-23(8-10-24)13-15-5-6-16-14-27-29-20(16)11-15;/h1-6,11,18H,7-10,12-14H2;1H. The van der Waals surface area contributed by atoms with Crippen molar-refractivity contribution in [2.45, 2.75) is 25.5 Å². The number of esters is 1. The number of para-hydroxylation sites is 1. The van der Waals surface area contributed by atoms with Crippen LogP contribution in [0.5, 0.6) is 11.5 Å². The van der Waals surface area contributed by atoms with Gasteiger partial charge >= 0.3 is 5.97 Å². The largest absolute Gasteiger partial charge is 0.426 e. The van der Waals surface area contributed by atoms with E-state index in [9.17, 15) is 9.59 Å². The Balaban J connectivity index is 0.00000218. The number of halogens is 1. The van der Waals surface area contributed by atoms with Gasteiger partial charge in [-0.05, 0) is 17.7 Å². The highest BCUT2D eigenvalue weighted by molar-refractivity contribution is 5.91. The zero-order valence-electron chi connectivity index (χ0n) is 16.4. The number of carbonyl (C=O) groups is 2. The number of piperazine rings is 1. The van der Waals surface area contributed by atoms with Crippen LogP contribution in [-0.4, -0.2) is 47.9 Å². The Morgan fingerprint density at radius 3 is 2.67 bits per heavy atom. The lowest BCUT2D eigenvalue weighted by Gasteiger charge is -2.35. The van der Waals surface area contributed by atoms with E-state index in [1.54, 1.807) is 6.07 Å². The van der Waals surface area contributed by atoms with Crippen molar-refractivity contribution in [1.29, 1.82) is 0 Å². The van der Waals surface area contributed by atoms with E-state index in [1.807, 2.05) is 35.2 Å². The van der Waals surface area contributed by atoms with Gasteiger partial charge in [-0.15, -0.1) is 12.4 Å². The Morgan fingerprint density at radius 2 is 1.83 bits per heavy atom. The predicted octanol–water partition coefficient (Wildman–Crippen LogP) is 2.67. The second kappa shape index (κ2) is 8.63. The number of nitrogens with zero attached hydrogens (tertiary/aromatic N) is 2. The van der Waals surface area contributed by atoms with Gasteiger partial charge in [0.1, 0.15) is 12.4 Å². The molecule has 0 spiro atoms. The molecule has 0 saturated carbocycles. The van der Waals surface area contributed by atoms with Crippen LogP contribution in [0.3, 0.4) is 0 Å². The Bertz CT molecular complexity index is 958. The molecule has 1 amide bonds. The summed E-state index contributed by atoms with van der Waals surface area (Å²) >= 11 is 0. The van der Waals surface area contributed by atoms with Crippen molar-refractivity contribution < 1.29 is 24.1 Å². The highest BCUT2D eigenvalue weighted by Gasteiger charge is 2.36. The quantitative estimate of drug-likeness (QED) is 0.422. The van der Waals surface area contributed by atoms with Crippen molar-refractivity contribution in [2.75, 3.05) is 26.2 Å². The minimum atomic E-state index is -0.495. The SMILES string of the molecule is Cl.O=C1Oc2ccccc2C1CC(=O)N1CCN(Cc2ccc3c(c2)OOC3)CC1. The van der Waals surface area contributed by atoms with Crippen LogP contribution in [0.25, 0.3) is 0 Å². The first-order valence-electron chi connectivity index (χ1n) is 9.89. The average molecular weight is 431 g/mol. The molecule has 8 heteroatoms. The third kappa shape index (κ3) is 4.01. The summed E-state index contributed by atoms with van der Waals surface area (Å²) in [7, 11) is 0. The normalized spacial score (nSPS) is 20.1. The van der Waals surface area contributed by atoms with E-state index in [1.165, 1.54) is 5.56 Å². The fraction of sp³-hybridized carbons (Fsp3) is 0.364. The second-order valence-corrected chi connectivity index (χ2v) is 7.66. The zero-order valence-corrected chi connectivity index (χ0v) is 17.2. The summed E-state index contributed by atoms with van der Waals surface area (Å²) < 4.78 is 5.29. The number of hydrogen-bond acceptors (Lipinski definition) is 6. The van der Waals surface area contributed by atoms with Gasteiger partial charge in [-0.1, -0.05) is 30.3 Å². The lowest BCUT2D eigenvalue weighted by atomic mass is 9.96. The second-order valence-electron chi connectivity index (χ2n) is 7.66. The molecule has 158 valence electrons. The number of ether oxygens (including phenoxy) is 1. The van der Waals surface area contributed by atoms with Gasteiger partial charge < -0.3 is 14.5 Å². The fourth-order valence-corrected chi connectivity index (χ4v) is 4.13. The van der Waals surface area contributed by atoms with E-state index >= 15 is 0 Å². The molecular weight excluding hydrogens is 408 g/mol. The summed E-state index contributed by atoms with van der Waals surface area (Å²) in [6.07, 6.45) is 0.165. The van der Waals surface area contributed by atoms with E-state index in [2.05, 4.69) is 11.0 Å². The van der Waals surface area contributed by atoms with Gasteiger partial charge in [-0.25, -0.2) is 0 Å². The maximum atomic E-state index is 12.8. The number of amides is 1. The Morgan fingerprint density at radius 1 is 1.03 bits per heavy atom. The van der Waals surface area contributed by atoms with Crippen molar-refractivity contribution in [3.63, 3.8) is 0 Å².